The Morgan fingerprint density at radius 1 is 1.10 bits per heavy atom. The van der Waals surface area contributed by atoms with E-state index in [-0.39, 0.29) is 11.6 Å². The number of hydrogen-bond donors (Lipinski definition) is 2. The van der Waals surface area contributed by atoms with Crippen molar-refractivity contribution in [3.8, 4) is 0 Å². The summed E-state index contributed by atoms with van der Waals surface area (Å²) in [5, 5.41) is 7.93. The van der Waals surface area contributed by atoms with Crippen LogP contribution in [0.3, 0.4) is 0 Å². The highest BCUT2D eigenvalue weighted by Crippen LogP contribution is 2.31. The first-order valence-electron chi connectivity index (χ1n) is 8.75. The van der Waals surface area contributed by atoms with Crippen LogP contribution >= 0.6 is 23.2 Å². The molecule has 29 heavy (non-hydrogen) atoms. The Bertz CT molecular complexity index is 1070. The molecule has 2 amide bonds. The third-order valence-electron chi connectivity index (χ3n) is 4.53. The van der Waals surface area contributed by atoms with Crippen molar-refractivity contribution in [3.05, 3.63) is 70.5 Å². The molecule has 0 aliphatic rings. The quantitative estimate of drug-likeness (QED) is 0.613. The first kappa shape index (κ1) is 21.0. The molecule has 0 bridgehead atoms. The van der Waals surface area contributed by atoms with Crippen LogP contribution in [0, 0.1) is 0 Å². The predicted octanol–water partition coefficient (Wildman–Crippen LogP) is 4.16. The molecule has 6 nitrogen and oxygen atoms in total. The van der Waals surface area contributed by atoms with E-state index in [9.17, 15) is 9.59 Å². The highest BCUT2D eigenvalue weighted by atomic mass is 35.5. The molecule has 0 saturated carbocycles. The fourth-order valence-electron chi connectivity index (χ4n) is 2.98. The molecule has 1 unspecified atom stereocenters. The summed E-state index contributed by atoms with van der Waals surface area (Å²) in [6.45, 7) is 1.40. The van der Waals surface area contributed by atoms with E-state index in [1.165, 1.54) is 7.11 Å². The summed E-state index contributed by atoms with van der Waals surface area (Å²) in [5.41, 5.74) is -0.428. The van der Waals surface area contributed by atoms with Gasteiger partial charge in [0.25, 0.3) is 5.91 Å². The molecule has 1 heterocycles. The number of pyridine rings is 1. The molecule has 0 aliphatic heterocycles. The van der Waals surface area contributed by atoms with Crippen LogP contribution in [0.1, 0.15) is 12.5 Å². The maximum absolute atomic E-state index is 13.3. The van der Waals surface area contributed by atoms with Gasteiger partial charge in [0, 0.05) is 24.1 Å². The number of aromatic nitrogens is 1. The minimum absolute atomic E-state index is 0.194. The Kier molecular flexibility index (Phi) is 6.37. The molecular formula is C21H19Cl2N3O3. The number of nitrogens with zero attached hydrogens (tertiary/aromatic N) is 1. The second kappa shape index (κ2) is 8.78. The summed E-state index contributed by atoms with van der Waals surface area (Å²) in [4.78, 5) is 29.8. The molecule has 0 saturated heterocycles. The number of hydrogen-bond acceptors (Lipinski definition) is 4. The lowest BCUT2D eigenvalue weighted by atomic mass is 9.90. The number of methoxy groups -OCH3 is 1. The number of rotatable bonds is 6. The van der Waals surface area contributed by atoms with Gasteiger partial charge in [0.2, 0.25) is 5.91 Å². The number of ether oxygens (including phenoxy) is 1. The number of fused-ring (bicyclic) bond motifs is 1. The van der Waals surface area contributed by atoms with Crippen molar-refractivity contribution in [1.82, 2.24) is 10.3 Å². The molecule has 0 fully saturated rings. The minimum Gasteiger partial charge on any atom is -0.375 e. The first-order chi connectivity index (χ1) is 13.8. The van der Waals surface area contributed by atoms with Crippen LogP contribution in [0.5, 0.6) is 0 Å². The van der Waals surface area contributed by atoms with Gasteiger partial charge >= 0.3 is 0 Å². The predicted molar refractivity (Wildman–Crippen MR) is 114 cm³/mol. The van der Waals surface area contributed by atoms with E-state index in [0.29, 0.717) is 16.3 Å². The molecule has 3 aromatic rings. The zero-order valence-electron chi connectivity index (χ0n) is 15.8. The molecule has 0 radical (unpaired) electrons. The van der Waals surface area contributed by atoms with E-state index in [4.69, 9.17) is 27.9 Å². The highest BCUT2D eigenvalue weighted by molar-refractivity contribution is 6.42. The van der Waals surface area contributed by atoms with Crippen molar-refractivity contribution < 1.29 is 14.3 Å². The van der Waals surface area contributed by atoms with Crippen LogP contribution in [0.15, 0.2) is 54.9 Å². The molecule has 1 atom stereocenters. The van der Waals surface area contributed by atoms with Crippen molar-refractivity contribution in [1.29, 1.82) is 0 Å². The molecule has 2 aromatic carbocycles. The Labute approximate surface area is 178 Å². The molecule has 8 heteroatoms. The number of carbonyl (C=O) groups excluding carboxylic acids is 2. The number of benzene rings is 2. The van der Waals surface area contributed by atoms with Gasteiger partial charge in [-0.05, 0) is 24.6 Å². The Morgan fingerprint density at radius 2 is 1.86 bits per heavy atom. The lowest BCUT2D eigenvalue weighted by molar-refractivity contribution is -0.132. The maximum Gasteiger partial charge on any atom is 0.254 e. The second-order valence-corrected chi connectivity index (χ2v) is 7.41. The summed E-state index contributed by atoms with van der Waals surface area (Å²) < 4.78 is 4.88. The van der Waals surface area contributed by atoms with E-state index >= 15 is 0 Å². The summed E-state index contributed by atoms with van der Waals surface area (Å²) in [6.07, 6.45) is 3.27. The van der Waals surface area contributed by atoms with Crippen molar-refractivity contribution in [2.24, 2.45) is 0 Å². The van der Waals surface area contributed by atoms with Crippen molar-refractivity contribution in [2.75, 3.05) is 19.0 Å². The van der Waals surface area contributed by atoms with Gasteiger partial charge in [-0.2, -0.15) is 0 Å². The van der Waals surface area contributed by atoms with E-state index in [0.717, 1.165) is 10.8 Å². The van der Waals surface area contributed by atoms with Crippen LogP contribution in [-0.2, 0) is 19.9 Å². The van der Waals surface area contributed by atoms with Gasteiger partial charge in [-0.1, -0.05) is 53.5 Å². The number of anilines is 1. The fourth-order valence-corrected chi connectivity index (χ4v) is 3.27. The normalized spacial score (nSPS) is 13.0. The van der Waals surface area contributed by atoms with Crippen LogP contribution in [0.4, 0.5) is 5.69 Å². The molecular weight excluding hydrogens is 413 g/mol. The zero-order valence-corrected chi connectivity index (χ0v) is 17.3. The summed E-state index contributed by atoms with van der Waals surface area (Å²) >= 11 is 12.2. The average molecular weight is 432 g/mol. The summed E-state index contributed by atoms with van der Waals surface area (Å²) in [5.74, 6) is -0.911. The van der Waals surface area contributed by atoms with Crippen molar-refractivity contribution in [3.63, 3.8) is 0 Å². The monoisotopic (exact) mass is 431 g/mol. The fraction of sp³-hybridized carbons (Fsp3) is 0.190. The topological polar surface area (TPSA) is 80.3 Å². The number of amides is 2. The molecule has 0 spiro atoms. The van der Waals surface area contributed by atoms with Crippen LogP contribution in [0.2, 0.25) is 10.0 Å². The lowest BCUT2D eigenvalue weighted by Crippen LogP contribution is -2.53. The zero-order chi connectivity index (χ0) is 21.0. The van der Waals surface area contributed by atoms with Gasteiger partial charge in [0.05, 0.1) is 21.9 Å². The Balaban J connectivity index is 2.01. The summed E-state index contributed by atoms with van der Waals surface area (Å²) in [7, 11) is 1.40. The van der Waals surface area contributed by atoms with Gasteiger partial charge in [0.1, 0.15) is 12.1 Å². The first-order valence-corrected chi connectivity index (χ1v) is 9.50. The molecule has 2 N–H and O–H groups in total. The largest absolute Gasteiger partial charge is 0.375 e. The molecule has 1 aromatic heterocycles. The molecule has 150 valence electrons. The average Bonchev–Trinajstić information content (AvgIpc) is 2.70. The van der Waals surface area contributed by atoms with Crippen molar-refractivity contribution in [2.45, 2.75) is 12.5 Å². The van der Waals surface area contributed by atoms with Crippen LogP contribution in [-0.4, -0.2) is 30.5 Å². The summed E-state index contributed by atoms with van der Waals surface area (Å²) in [6, 6.07) is 12.3. The van der Waals surface area contributed by atoms with E-state index < -0.39 is 17.4 Å². The van der Waals surface area contributed by atoms with Crippen molar-refractivity contribution >= 4 is 51.5 Å². The van der Waals surface area contributed by atoms with Gasteiger partial charge in [0.15, 0.2) is 0 Å². The van der Waals surface area contributed by atoms with Gasteiger partial charge in [-0.15, -0.1) is 0 Å². The van der Waals surface area contributed by atoms with Gasteiger partial charge in [-0.3, -0.25) is 14.6 Å². The number of halogens is 2. The standard InChI is InChI=1S/C21H19Cl2N3O3/c1-21(26-19(27)12-29-2,14-7-8-16(22)17(23)9-14)20(28)25-18-11-24-10-13-5-3-4-6-15(13)18/h3-11H,12H2,1-2H3,(H,25,28)(H,26,27). The lowest BCUT2D eigenvalue weighted by Gasteiger charge is -2.30. The van der Waals surface area contributed by atoms with E-state index in [1.807, 2.05) is 24.3 Å². The SMILES string of the molecule is COCC(=O)NC(C)(C(=O)Nc1cncc2ccccc12)c1ccc(Cl)c(Cl)c1. The van der Waals surface area contributed by atoms with Crippen LogP contribution in [0.25, 0.3) is 10.8 Å². The Morgan fingerprint density at radius 3 is 2.59 bits per heavy atom. The number of carbonyl (C=O) groups is 2. The van der Waals surface area contributed by atoms with Gasteiger partial charge < -0.3 is 15.4 Å². The second-order valence-electron chi connectivity index (χ2n) is 6.60. The van der Waals surface area contributed by atoms with E-state index in [2.05, 4.69) is 15.6 Å². The third-order valence-corrected chi connectivity index (χ3v) is 5.27. The number of nitrogens with one attached hydrogen (secondary N) is 2. The third kappa shape index (κ3) is 4.50. The molecule has 3 rings (SSSR count). The maximum atomic E-state index is 13.3. The van der Waals surface area contributed by atoms with E-state index in [1.54, 1.807) is 37.5 Å². The minimum atomic E-state index is -1.43. The molecule has 0 aliphatic carbocycles. The smallest absolute Gasteiger partial charge is 0.254 e. The Hall–Kier alpha value is -2.67. The van der Waals surface area contributed by atoms with Crippen LogP contribution < -0.4 is 10.6 Å². The van der Waals surface area contributed by atoms with Gasteiger partial charge in [-0.25, -0.2) is 0 Å². The highest BCUT2D eigenvalue weighted by Gasteiger charge is 2.37.